The molecule has 7 heteroatoms. The third kappa shape index (κ3) is 3.77. The van der Waals surface area contributed by atoms with Crippen LogP contribution in [0.25, 0.3) is 5.57 Å². The average molecular weight is 422 g/mol. The molecule has 0 bridgehead atoms. The van der Waals surface area contributed by atoms with Crippen molar-refractivity contribution in [2.45, 2.75) is 12.8 Å². The van der Waals surface area contributed by atoms with Gasteiger partial charge in [0.2, 0.25) is 0 Å². The van der Waals surface area contributed by atoms with Gasteiger partial charge >= 0.3 is 0 Å². The van der Waals surface area contributed by atoms with Crippen LogP contribution in [0, 0.1) is 5.92 Å². The van der Waals surface area contributed by atoms with E-state index in [9.17, 15) is 14.7 Å². The van der Waals surface area contributed by atoms with Gasteiger partial charge in [-0.1, -0.05) is 30.3 Å². The number of anilines is 1. The third-order valence-corrected chi connectivity index (χ3v) is 5.84. The maximum absolute atomic E-state index is 13.7. The summed E-state index contributed by atoms with van der Waals surface area (Å²) in [6.07, 6.45) is 1.75. The van der Waals surface area contributed by atoms with Gasteiger partial charge in [0.1, 0.15) is 17.2 Å². The van der Waals surface area contributed by atoms with Crippen molar-refractivity contribution in [3.63, 3.8) is 0 Å². The maximum atomic E-state index is 13.7. The Labute approximate surface area is 181 Å². The van der Waals surface area contributed by atoms with E-state index in [1.165, 1.54) is 12.0 Å². The summed E-state index contributed by atoms with van der Waals surface area (Å²) in [4.78, 5) is 30.4. The van der Waals surface area contributed by atoms with Gasteiger partial charge in [-0.25, -0.2) is 4.90 Å². The van der Waals surface area contributed by atoms with Crippen LogP contribution >= 0.6 is 0 Å². The molecule has 2 aromatic rings. The van der Waals surface area contributed by atoms with Gasteiger partial charge in [-0.05, 0) is 36.5 Å². The first kappa shape index (κ1) is 20.9. The number of nitrogens with zero attached hydrogens (tertiary/aromatic N) is 2. The number of rotatable bonds is 6. The van der Waals surface area contributed by atoms with Gasteiger partial charge in [0.05, 0.1) is 25.5 Å². The van der Waals surface area contributed by atoms with Gasteiger partial charge < -0.3 is 19.5 Å². The van der Waals surface area contributed by atoms with Crippen molar-refractivity contribution >= 4 is 23.1 Å². The number of hydrogen-bond acceptors (Lipinski definition) is 6. The molecule has 0 aromatic heterocycles. The predicted molar refractivity (Wildman–Crippen MR) is 117 cm³/mol. The normalized spacial score (nSPS) is 19.3. The van der Waals surface area contributed by atoms with Gasteiger partial charge in [-0.15, -0.1) is 0 Å². The predicted octanol–water partition coefficient (Wildman–Crippen LogP) is 2.69. The van der Waals surface area contributed by atoms with Crippen molar-refractivity contribution in [2.75, 3.05) is 38.8 Å². The number of carbonyl (C=O) groups is 2. The molecule has 2 aliphatic rings. The highest BCUT2D eigenvalue weighted by Crippen LogP contribution is 2.40. The molecular weight excluding hydrogens is 396 g/mol. The largest absolute Gasteiger partial charge is 0.497 e. The van der Waals surface area contributed by atoms with Gasteiger partial charge in [0, 0.05) is 25.8 Å². The average Bonchev–Trinajstić information content (AvgIpc) is 3.08. The molecule has 4 rings (SSSR count). The quantitative estimate of drug-likeness (QED) is 0.721. The molecule has 2 aromatic carbocycles. The summed E-state index contributed by atoms with van der Waals surface area (Å²) >= 11 is 0. The smallest absolute Gasteiger partial charge is 0.282 e. The summed E-state index contributed by atoms with van der Waals surface area (Å²) in [5.41, 5.74) is 1.82. The van der Waals surface area contributed by atoms with Gasteiger partial charge in [0.25, 0.3) is 11.8 Å². The zero-order valence-corrected chi connectivity index (χ0v) is 17.7. The molecule has 162 valence electrons. The van der Waals surface area contributed by atoms with Crippen molar-refractivity contribution in [3.8, 4) is 11.5 Å². The molecule has 0 aliphatic carbocycles. The number of amides is 2. The highest BCUT2D eigenvalue weighted by Gasteiger charge is 2.44. The molecular formula is C24H26N2O5. The summed E-state index contributed by atoms with van der Waals surface area (Å²) in [7, 11) is 3.04. The standard InChI is InChI=1S/C24H26N2O5/c1-30-18-10-11-19(20(13-18)31-2)26-23(28)21(17-8-4-3-5-9-17)22(24(26)29)25-12-6-7-16(14-25)15-27/h3-5,8-11,13,16,27H,6-7,12,14-15H2,1-2H3. The van der Waals surface area contributed by atoms with Crippen LogP contribution in [0.4, 0.5) is 5.69 Å². The van der Waals surface area contributed by atoms with Gasteiger partial charge in [-0.3, -0.25) is 9.59 Å². The fraction of sp³-hybridized carbons (Fsp3) is 0.333. The van der Waals surface area contributed by atoms with Crippen molar-refractivity contribution in [1.82, 2.24) is 4.90 Å². The summed E-state index contributed by atoms with van der Waals surface area (Å²) in [5.74, 6) is 0.247. The number of benzene rings is 2. The van der Waals surface area contributed by atoms with Crippen LogP contribution in [0.15, 0.2) is 54.2 Å². The van der Waals surface area contributed by atoms with Crippen LogP contribution in [-0.2, 0) is 9.59 Å². The summed E-state index contributed by atoms with van der Waals surface area (Å²) in [5, 5.41) is 9.67. The molecule has 1 unspecified atom stereocenters. The van der Waals surface area contributed by atoms with E-state index in [1.807, 2.05) is 35.2 Å². The highest BCUT2D eigenvalue weighted by molar-refractivity contribution is 6.45. The van der Waals surface area contributed by atoms with E-state index >= 15 is 0 Å². The Morgan fingerprint density at radius 3 is 2.48 bits per heavy atom. The Morgan fingerprint density at radius 2 is 1.81 bits per heavy atom. The van der Waals surface area contributed by atoms with E-state index in [-0.39, 0.29) is 24.3 Å². The lowest BCUT2D eigenvalue weighted by Crippen LogP contribution is -2.40. The van der Waals surface area contributed by atoms with E-state index in [1.54, 1.807) is 25.3 Å². The number of imide groups is 1. The Kier molecular flexibility index (Phi) is 5.95. The number of methoxy groups -OCH3 is 2. The second kappa shape index (κ2) is 8.81. The molecule has 0 spiro atoms. The van der Waals surface area contributed by atoms with Gasteiger partial charge in [0.15, 0.2) is 0 Å². The molecule has 2 aliphatic heterocycles. The van der Waals surface area contributed by atoms with Crippen LogP contribution in [-0.4, -0.2) is 55.7 Å². The minimum absolute atomic E-state index is 0.0581. The monoisotopic (exact) mass is 422 g/mol. The Bertz CT molecular complexity index is 1020. The van der Waals surface area contributed by atoms with Crippen LogP contribution < -0.4 is 14.4 Å². The zero-order chi connectivity index (χ0) is 22.0. The maximum Gasteiger partial charge on any atom is 0.282 e. The first-order valence-corrected chi connectivity index (χ1v) is 10.3. The Hall–Kier alpha value is -3.32. The second-order valence-electron chi connectivity index (χ2n) is 7.71. The van der Waals surface area contributed by atoms with Crippen molar-refractivity contribution in [3.05, 3.63) is 59.8 Å². The summed E-state index contributed by atoms with van der Waals surface area (Å²) < 4.78 is 10.7. The van der Waals surface area contributed by atoms with E-state index < -0.39 is 0 Å². The molecule has 2 heterocycles. The fourth-order valence-corrected chi connectivity index (χ4v) is 4.28. The number of carbonyl (C=O) groups excluding carboxylic acids is 2. The lowest BCUT2D eigenvalue weighted by atomic mass is 9.97. The van der Waals surface area contributed by atoms with Crippen LogP contribution in [0.1, 0.15) is 18.4 Å². The number of likely N-dealkylation sites (tertiary alicyclic amines) is 1. The van der Waals surface area contributed by atoms with Crippen LogP contribution in [0.2, 0.25) is 0 Å². The number of hydrogen-bond donors (Lipinski definition) is 1. The van der Waals surface area contributed by atoms with E-state index in [0.29, 0.717) is 47.1 Å². The molecule has 1 atom stereocenters. The molecule has 0 radical (unpaired) electrons. The molecule has 7 nitrogen and oxygen atoms in total. The van der Waals surface area contributed by atoms with E-state index in [0.717, 1.165) is 12.8 Å². The first-order valence-electron chi connectivity index (χ1n) is 10.3. The Balaban J connectivity index is 1.82. The fourth-order valence-electron chi connectivity index (χ4n) is 4.28. The SMILES string of the molecule is COc1ccc(N2C(=O)C(c3ccccc3)=C(N3CCCC(CO)C3)C2=O)c(OC)c1. The van der Waals surface area contributed by atoms with Gasteiger partial charge in [-0.2, -0.15) is 0 Å². The highest BCUT2D eigenvalue weighted by atomic mass is 16.5. The van der Waals surface area contributed by atoms with Crippen molar-refractivity contribution < 1.29 is 24.2 Å². The van der Waals surface area contributed by atoms with Crippen LogP contribution in [0.5, 0.6) is 11.5 Å². The van der Waals surface area contributed by atoms with E-state index in [4.69, 9.17) is 9.47 Å². The van der Waals surface area contributed by atoms with Crippen LogP contribution in [0.3, 0.4) is 0 Å². The summed E-state index contributed by atoms with van der Waals surface area (Å²) in [6, 6.07) is 14.2. The molecule has 1 saturated heterocycles. The van der Waals surface area contributed by atoms with Crippen molar-refractivity contribution in [2.24, 2.45) is 5.92 Å². The molecule has 1 N–H and O–H groups in total. The number of piperidine rings is 1. The Morgan fingerprint density at radius 1 is 1.03 bits per heavy atom. The number of aliphatic hydroxyl groups excluding tert-OH is 1. The molecule has 0 saturated carbocycles. The summed E-state index contributed by atoms with van der Waals surface area (Å²) in [6.45, 7) is 1.26. The lowest BCUT2D eigenvalue weighted by Gasteiger charge is -2.34. The minimum Gasteiger partial charge on any atom is -0.497 e. The first-order chi connectivity index (χ1) is 15.1. The molecule has 2 amide bonds. The number of aliphatic hydroxyl groups is 1. The lowest BCUT2D eigenvalue weighted by molar-refractivity contribution is -0.120. The van der Waals surface area contributed by atoms with E-state index in [2.05, 4.69) is 0 Å². The van der Waals surface area contributed by atoms with Crippen molar-refractivity contribution in [1.29, 1.82) is 0 Å². The third-order valence-electron chi connectivity index (χ3n) is 5.84. The number of ether oxygens (including phenoxy) is 2. The topological polar surface area (TPSA) is 79.3 Å². The zero-order valence-electron chi connectivity index (χ0n) is 17.7. The molecule has 31 heavy (non-hydrogen) atoms. The molecule has 1 fully saturated rings. The minimum atomic E-state index is -0.388. The second-order valence-corrected chi connectivity index (χ2v) is 7.71.